The number of nitrogens with zero attached hydrogens (tertiary/aromatic N) is 4. The predicted octanol–water partition coefficient (Wildman–Crippen LogP) is 12.3. The molecule has 0 unspecified atom stereocenters. The van der Waals surface area contributed by atoms with Crippen molar-refractivity contribution >= 4 is 48.7 Å². The summed E-state index contributed by atoms with van der Waals surface area (Å²) in [6.07, 6.45) is 12.2. The van der Waals surface area contributed by atoms with Gasteiger partial charge in [0.05, 0.1) is 76.3 Å². The first-order valence-electron chi connectivity index (χ1n) is 30.1. The van der Waals surface area contributed by atoms with Crippen molar-refractivity contribution in [3.8, 4) is 46.0 Å². The molecule has 2 fully saturated rings. The Labute approximate surface area is 506 Å². The van der Waals surface area contributed by atoms with Crippen molar-refractivity contribution in [2.45, 2.75) is 206 Å². The van der Waals surface area contributed by atoms with Gasteiger partial charge in [-0.1, -0.05) is 109 Å². The van der Waals surface area contributed by atoms with E-state index in [9.17, 15) is 39.6 Å². The lowest BCUT2D eigenvalue weighted by molar-refractivity contribution is -0.138. The molecular weight excluding hydrogens is 1100 g/mol. The van der Waals surface area contributed by atoms with E-state index in [1.165, 1.54) is 0 Å². The van der Waals surface area contributed by atoms with Crippen LogP contribution in [-0.2, 0) is 50.3 Å². The molecule has 0 radical (unpaired) electrons. The molecule has 7 rings (SSSR count). The van der Waals surface area contributed by atoms with Crippen molar-refractivity contribution in [2.24, 2.45) is 20.0 Å². The van der Waals surface area contributed by atoms with E-state index < -0.39 is 45.5 Å². The maximum absolute atomic E-state index is 13.3. The van der Waals surface area contributed by atoms with Gasteiger partial charge < -0.3 is 48.8 Å². The van der Waals surface area contributed by atoms with Crippen LogP contribution in [0.4, 0.5) is 0 Å². The summed E-state index contributed by atoms with van der Waals surface area (Å²) < 4.78 is 34.7. The molecule has 0 saturated heterocycles. The van der Waals surface area contributed by atoms with Crippen molar-refractivity contribution in [1.29, 1.82) is 0 Å². The van der Waals surface area contributed by atoms with E-state index >= 15 is 0 Å². The lowest BCUT2D eigenvalue weighted by Gasteiger charge is -2.26. The number of phenolic OH excluding ortho intramolecular Hbond substituents is 4. The minimum atomic E-state index is -0.587. The number of aromatic hydroxyl groups is 4. The summed E-state index contributed by atoms with van der Waals surface area (Å²) in [5.74, 6) is -1.51. The van der Waals surface area contributed by atoms with Crippen LogP contribution in [0.25, 0.3) is 0 Å². The minimum absolute atomic E-state index is 0.000972. The average molecular weight is 1190 g/mol. The Bertz CT molecular complexity index is 2800. The molecule has 4 aromatic rings. The third kappa shape index (κ3) is 18.3. The summed E-state index contributed by atoms with van der Waals surface area (Å²) in [5, 5.41) is 46.3. The second-order valence-corrected chi connectivity index (χ2v) is 26.7. The number of carbonyl (C=O) groups is 4. The number of phenols is 4. The molecule has 18 nitrogen and oxygen atoms in total. The maximum Gasteiger partial charge on any atom is 0.313 e. The first-order valence-corrected chi connectivity index (χ1v) is 30.1. The van der Waals surface area contributed by atoms with Gasteiger partial charge in [-0.25, -0.2) is 0 Å². The fraction of sp³-hybridized carbons (Fsp3) is 0.529. The number of esters is 4. The van der Waals surface area contributed by atoms with Gasteiger partial charge in [0.15, 0.2) is 0 Å². The fourth-order valence-corrected chi connectivity index (χ4v) is 10.6. The van der Waals surface area contributed by atoms with Gasteiger partial charge in [0.2, 0.25) is 0 Å². The second kappa shape index (κ2) is 28.4. The highest BCUT2D eigenvalue weighted by Gasteiger charge is 2.30. The van der Waals surface area contributed by atoms with Crippen molar-refractivity contribution < 1.29 is 68.0 Å². The second-order valence-electron chi connectivity index (χ2n) is 26.7. The van der Waals surface area contributed by atoms with Gasteiger partial charge >= 0.3 is 23.9 Å². The summed E-state index contributed by atoms with van der Waals surface area (Å²) in [5.41, 5.74) is 1.40. The number of ether oxygens (including phenoxy) is 6. The number of rotatable bonds is 0. The number of benzene rings is 4. The Hall–Kier alpha value is -7.44. The molecule has 8 bridgehead atoms. The molecular formula is C68H88N4O14. The van der Waals surface area contributed by atoms with Gasteiger partial charge in [0.25, 0.3) is 0 Å². The zero-order valence-corrected chi connectivity index (χ0v) is 52.2. The summed E-state index contributed by atoms with van der Waals surface area (Å²) >= 11 is 0. The van der Waals surface area contributed by atoms with Gasteiger partial charge in [0.1, 0.15) is 46.0 Å². The van der Waals surface area contributed by atoms with Gasteiger partial charge in [-0.2, -0.15) is 0 Å². The fourth-order valence-electron chi connectivity index (χ4n) is 10.6. The first kappa shape index (κ1) is 66.1. The highest BCUT2D eigenvalue weighted by molar-refractivity contribution is 5.89. The van der Waals surface area contributed by atoms with Crippen LogP contribution in [0.2, 0.25) is 0 Å². The number of carbonyl (C=O) groups excluding carboxylic acids is 4. The molecule has 464 valence electrons. The molecule has 1 aliphatic heterocycles. The lowest BCUT2D eigenvalue weighted by atomic mass is 9.85. The molecule has 0 amide bonds. The monoisotopic (exact) mass is 1180 g/mol. The predicted molar refractivity (Wildman–Crippen MR) is 332 cm³/mol. The maximum atomic E-state index is 13.3. The lowest BCUT2D eigenvalue weighted by Crippen LogP contribution is -2.27. The summed E-state index contributed by atoms with van der Waals surface area (Å²) in [6, 6.07) is 11.6. The van der Waals surface area contributed by atoms with Crippen LogP contribution in [-0.4, -0.2) is 120 Å². The molecule has 4 N–H and O–H groups in total. The molecule has 3 aliphatic rings. The zero-order valence-electron chi connectivity index (χ0n) is 52.2. The van der Waals surface area contributed by atoms with E-state index in [0.29, 0.717) is 70.2 Å². The van der Waals surface area contributed by atoms with E-state index in [0.717, 1.165) is 25.7 Å². The summed E-state index contributed by atoms with van der Waals surface area (Å²) in [4.78, 5) is 72.9. The molecule has 0 aromatic heterocycles. The van der Waals surface area contributed by atoms with Gasteiger partial charge in [-0.15, -0.1) is 0 Å². The van der Waals surface area contributed by atoms with E-state index in [1.807, 2.05) is 83.1 Å². The third-order valence-corrected chi connectivity index (χ3v) is 15.4. The van der Waals surface area contributed by atoms with Crippen LogP contribution in [0.3, 0.4) is 0 Å². The van der Waals surface area contributed by atoms with E-state index in [-0.39, 0.29) is 122 Å². The van der Waals surface area contributed by atoms with E-state index in [2.05, 4.69) is 0 Å². The standard InChI is InChI=1S/C68H88N4O14/c1-65(2,3)49-33-45-29-41(61(49)77)37-69-53-17-13-14-18-54(53)70-38-42-30-46(34-50(62(42)78)66(4,5)6)85-59(75)23-27-82-28-24-60(76)86-48-32-44(64(80)52(36-48)68(10,11)12)40-72-56-20-16-15-19-55(56)71-39-43-31-47(35-51(63(43)79)67(7,8)9)84-58(74)22-26-81-25-21-57(73)83-45/h29-40,53-56,77-80H,13-28H2,1-12H3/b69-37+,70-38+,71-39+,72-40+/t53-,54-,55-,56-/m1/s1. The van der Waals surface area contributed by atoms with Crippen LogP contribution in [0.1, 0.15) is 205 Å². The highest BCUT2D eigenvalue weighted by Crippen LogP contribution is 2.41. The van der Waals surface area contributed by atoms with Crippen molar-refractivity contribution in [3.05, 3.63) is 93.0 Å². The molecule has 4 atom stereocenters. The average Bonchev–Trinajstić information content (AvgIpc) is 2.57. The largest absolute Gasteiger partial charge is 0.507 e. The van der Waals surface area contributed by atoms with Crippen molar-refractivity contribution in [3.63, 3.8) is 0 Å². The Balaban J connectivity index is 1.16. The van der Waals surface area contributed by atoms with Crippen molar-refractivity contribution in [1.82, 2.24) is 0 Å². The molecule has 1 heterocycles. The Morgan fingerprint density at radius 2 is 0.535 bits per heavy atom. The highest BCUT2D eigenvalue weighted by atomic mass is 16.6. The molecule has 4 aromatic carbocycles. The number of fused-ring (bicyclic) bond motifs is 10. The van der Waals surface area contributed by atoms with E-state index in [4.69, 9.17) is 48.4 Å². The molecule has 18 heteroatoms. The molecule has 0 spiro atoms. The number of aliphatic imine (C=N–C) groups is 4. The Kier molecular flexibility index (Phi) is 21.8. The minimum Gasteiger partial charge on any atom is -0.507 e. The van der Waals surface area contributed by atoms with Crippen molar-refractivity contribution in [2.75, 3.05) is 26.4 Å². The Morgan fingerprint density at radius 3 is 0.721 bits per heavy atom. The molecule has 86 heavy (non-hydrogen) atoms. The van der Waals surface area contributed by atoms with Crippen LogP contribution < -0.4 is 18.9 Å². The number of hydrogen-bond donors (Lipinski definition) is 4. The normalized spacial score (nSPS) is 22.4. The molecule has 2 saturated carbocycles. The molecule has 2 aliphatic carbocycles. The number of hydrogen-bond acceptors (Lipinski definition) is 18. The summed E-state index contributed by atoms with van der Waals surface area (Å²) in [6.45, 7) is 23.1. The quantitative estimate of drug-likeness (QED) is 0.0944. The third-order valence-electron chi connectivity index (χ3n) is 15.4. The van der Waals surface area contributed by atoms with Gasteiger partial charge in [-0.05, 0) is 95.9 Å². The van der Waals surface area contributed by atoms with Crippen LogP contribution in [0, 0.1) is 0 Å². The van der Waals surface area contributed by atoms with Crippen LogP contribution >= 0.6 is 0 Å². The zero-order chi connectivity index (χ0) is 62.7. The van der Waals surface area contributed by atoms with Gasteiger partial charge in [-0.3, -0.25) is 39.1 Å². The van der Waals surface area contributed by atoms with Gasteiger partial charge in [0, 0.05) is 69.4 Å². The summed E-state index contributed by atoms with van der Waals surface area (Å²) in [7, 11) is 0. The van der Waals surface area contributed by atoms with E-state index in [1.54, 1.807) is 73.4 Å². The first-order chi connectivity index (χ1) is 40.4. The van der Waals surface area contributed by atoms with Crippen LogP contribution in [0.5, 0.6) is 46.0 Å². The smallest absolute Gasteiger partial charge is 0.313 e. The van der Waals surface area contributed by atoms with Crippen LogP contribution in [0.15, 0.2) is 68.5 Å². The Morgan fingerprint density at radius 1 is 0.337 bits per heavy atom. The topological polar surface area (TPSA) is 254 Å². The SMILES string of the molecule is CC(C)(C)c1cc2cc(c1O)/C=N/[C@@H]1CCCC[C@H]1/N=C/c1cc(cc(C(C)(C)C)c1O)OC(=O)CCOCCC(=O)Oc1cc(c(O)c(C(C)(C)C)c1)/C=N/[C@@H]1CCCC[C@H]1/N=C/c1cc(cc(C(C)(C)C)c1O)OC(=O)CCOCCC(=O)O2.